The van der Waals surface area contributed by atoms with Gasteiger partial charge >= 0.3 is 0 Å². The van der Waals surface area contributed by atoms with Crippen molar-refractivity contribution in [2.45, 2.75) is 25.8 Å². The summed E-state index contributed by atoms with van der Waals surface area (Å²) in [5.74, 6) is 0.632. The number of hydrogen-bond donors (Lipinski definition) is 3. The Hall–Kier alpha value is -1.59. The Morgan fingerprint density at radius 3 is 2.63 bits per heavy atom. The molecular weight excluding hydrogens is 246 g/mol. The predicted octanol–water partition coefficient (Wildman–Crippen LogP) is 0.623. The first-order valence-corrected chi connectivity index (χ1v) is 6.37. The molecule has 0 aliphatic rings. The third-order valence-electron chi connectivity index (χ3n) is 2.71. The first-order valence-electron chi connectivity index (χ1n) is 6.37. The first kappa shape index (κ1) is 15.5. The van der Waals surface area contributed by atoms with Crippen molar-refractivity contribution in [3.05, 3.63) is 29.8 Å². The highest BCUT2D eigenvalue weighted by molar-refractivity contribution is 5.76. The summed E-state index contributed by atoms with van der Waals surface area (Å²) in [5.41, 5.74) is 1.06. The fourth-order valence-electron chi connectivity index (χ4n) is 1.58. The number of aliphatic hydroxyl groups excluding tert-OH is 2. The molecule has 3 N–H and O–H groups in total. The van der Waals surface area contributed by atoms with Crippen LogP contribution < -0.4 is 10.1 Å². The quantitative estimate of drug-likeness (QED) is 0.603. The summed E-state index contributed by atoms with van der Waals surface area (Å²) in [6.45, 7) is 1.90. The van der Waals surface area contributed by atoms with Gasteiger partial charge in [0.2, 0.25) is 5.91 Å². The van der Waals surface area contributed by atoms with Crippen molar-refractivity contribution in [2.75, 3.05) is 19.8 Å². The van der Waals surface area contributed by atoms with Gasteiger partial charge in [-0.05, 0) is 25.0 Å². The topological polar surface area (TPSA) is 78.8 Å². The minimum Gasteiger partial charge on any atom is -0.493 e. The number of carbonyl (C=O) groups excluding carboxylic acids is 1. The molecule has 0 atom stereocenters. The lowest BCUT2D eigenvalue weighted by atomic mass is 10.2. The van der Waals surface area contributed by atoms with Gasteiger partial charge in [0.15, 0.2) is 0 Å². The van der Waals surface area contributed by atoms with E-state index in [0.717, 1.165) is 11.3 Å². The van der Waals surface area contributed by atoms with E-state index in [1.165, 1.54) is 0 Å². The molecule has 0 unspecified atom stereocenters. The average Bonchev–Trinajstić information content (AvgIpc) is 2.42. The number of rotatable bonds is 8. The Bertz CT molecular complexity index is 391. The molecule has 106 valence electrons. The molecule has 0 saturated heterocycles. The molecule has 1 aromatic carbocycles. The van der Waals surface area contributed by atoms with Crippen LogP contribution in [0, 0.1) is 6.92 Å². The van der Waals surface area contributed by atoms with Crippen LogP contribution in [0.4, 0.5) is 0 Å². The summed E-state index contributed by atoms with van der Waals surface area (Å²) in [6.07, 6.45) is 0.895. The van der Waals surface area contributed by atoms with Crippen molar-refractivity contribution < 1.29 is 19.7 Å². The van der Waals surface area contributed by atoms with Crippen LogP contribution in [-0.2, 0) is 4.79 Å². The largest absolute Gasteiger partial charge is 0.493 e. The number of benzene rings is 1. The molecule has 0 spiro atoms. The summed E-state index contributed by atoms with van der Waals surface area (Å²) >= 11 is 0. The molecule has 0 fully saturated rings. The monoisotopic (exact) mass is 267 g/mol. The first-order chi connectivity index (χ1) is 9.17. The van der Waals surface area contributed by atoms with E-state index in [-0.39, 0.29) is 19.1 Å². The minimum absolute atomic E-state index is 0.193. The van der Waals surface area contributed by atoms with Crippen molar-refractivity contribution in [3.63, 3.8) is 0 Å². The van der Waals surface area contributed by atoms with E-state index in [1.54, 1.807) is 0 Å². The van der Waals surface area contributed by atoms with Crippen molar-refractivity contribution in [2.24, 2.45) is 0 Å². The smallest absolute Gasteiger partial charge is 0.220 e. The molecule has 1 rings (SSSR count). The van der Waals surface area contributed by atoms with Crippen LogP contribution in [0.1, 0.15) is 18.4 Å². The van der Waals surface area contributed by atoms with Gasteiger partial charge < -0.3 is 20.3 Å². The Morgan fingerprint density at radius 1 is 1.32 bits per heavy atom. The molecule has 0 radical (unpaired) electrons. The summed E-state index contributed by atoms with van der Waals surface area (Å²) in [6, 6.07) is 7.13. The van der Waals surface area contributed by atoms with Gasteiger partial charge in [0.25, 0.3) is 0 Å². The highest BCUT2D eigenvalue weighted by Gasteiger charge is 2.09. The minimum atomic E-state index is -0.579. The molecule has 1 aromatic rings. The Balaban J connectivity index is 2.20. The summed E-state index contributed by atoms with van der Waals surface area (Å²) in [7, 11) is 0. The van der Waals surface area contributed by atoms with E-state index in [4.69, 9.17) is 14.9 Å². The molecule has 0 aromatic heterocycles. The van der Waals surface area contributed by atoms with Crippen LogP contribution in [0.3, 0.4) is 0 Å². The van der Waals surface area contributed by atoms with E-state index < -0.39 is 6.04 Å². The zero-order valence-corrected chi connectivity index (χ0v) is 11.1. The second-order valence-corrected chi connectivity index (χ2v) is 4.35. The van der Waals surface area contributed by atoms with Crippen molar-refractivity contribution in [1.82, 2.24) is 5.32 Å². The third-order valence-corrected chi connectivity index (χ3v) is 2.71. The molecule has 1 amide bonds. The van der Waals surface area contributed by atoms with Gasteiger partial charge in [0.05, 0.1) is 25.9 Å². The van der Waals surface area contributed by atoms with Crippen LogP contribution in [0.5, 0.6) is 5.75 Å². The number of amides is 1. The number of hydrogen-bond acceptors (Lipinski definition) is 4. The van der Waals surface area contributed by atoms with Gasteiger partial charge in [0.1, 0.15) is 5.75 Å². The van der Waals surface area contributed by atoms with Gasteiger partial charge in [-0.15, -0.1) is 0 Å². The van der Waals surface area contributed by atoms with Crippen LogP contribution >= 0.6 is 0 Å². The molecule has 19 heavy (non-hydrogen) atoms. The molecule has 5 heteroatoms. The lowest BCUT2D eigenvalue weighted by Crippen LogP contribution is -2.40. The van der Waals surface area contributed by atoms with Gasteiger partial charge in [-0.1, -0.05) is 18.2 Å². The number of aryl methyl sites for hydroxylation is 1. The molecule has 0 heterocycles. The maximum absolute atomic E-state index is 11.5. The van der Waals surface area contributed by atoms with Gasteiger partial charge in [-0.3, -0.25) is 4.79 Å². The Morgan fingerprint density at radius 2 is 2.00 bits per heavy atom. The van der Waals surface area contributed by atoms with Crippen molar-refractivity contribution in [3.8, 4) is 5.75 Å². The molecule has 0 bridgehead atoms. The van der Waals surface area contributed by atoms with Crippen LogP contribution in [0.25, 0.3) is 0 Å². The zero-order chi connectivity index (χ0) is 14.1. The van der Waals surface area contributed by atoms with Gasteiger partial charge in [0, 0.05) is 6.42 Å². The van der Waals surface area contributed by atoms with Crippen molar-refractivity contribution in [1.29, 1.82) is 0 Å². The van der Waals surface area contributed by atoms with E-state index in [2.05, 4.69) is 5.32 Å². The molecule has 5 nitrogen and oxygen atoms in total. The highest BCUT2D eigenvalue weighted by Crippen LogP contribution is 2.16. The SMILES string of the molecule is Cc1ccccc1OCCCC(=O)NC(CO)CO. The third kappa shape index (κ3) is 5.72. The zero-order valence-electron chi connectivity index (χ0n) is 11.1. The van der Waals surface area contributed by atoms with E-state index in [9.17, 15) is 4.79 Å². The molecule has 0 saturated carbocycles. The van der Waals surface area contributed by atoms with E-state index in [1.807, 2.05) is 31.2 Å². The molecular formula is C14H21NO4. The van der Waals surface area contributed by atoms with Crippen LogP contribution in [0.15, 0.2) is 24.3 Å². The fourth-order valence-corrected chi connectivity index (χ4v) is 1.58. The number of carbonyl (C=O) groups is 1. The second kappa shape index (κ2) is 8.50. The number of ether oxygens (including phenoxy) is 1. The maximum Gasteiger partial charge on any atom is 0.220 e. The normalized spacial score (nSPS) is 10.5. The van der Waals surface area contributed by atoms with E-state index in [0.29, 0.717) is 19.4 Å². The standard InChI is InChI=1S/C14H21NO4/c1-11-5-2-3-6-13(11)19-8-4-7-14(18)15-12(9-16)10-17/h2-3,5-6,12,16-17H,4,7-10H2,1H3,(H,15,18). The average molecular weight is 267 g/mol. The van der Waals surface area contributed by atoms with Crippen molar-refractivity contribution >= 4 is 5.91 Å². The number of nitrogens with one attached hydrogen (secondary N) is 1. The summed E-state index contributed by atoms with van der Waals surface area (Å²) in [5, 5.41) is 20.2. The summed E-state index contributed by atoms with van der Waals surface area (Å²) < 4.78 is 5.57. The number of aliphatic hydroxyl groups is 2. The molecule has 0 aliphatic heterocycles. The van der Waals surface area contributed by atoms with Gasteiger partial charge in [-0.25, -0.2) is 0 Å². The van der Waals surface area contributed by atoms with Crippen LogP contribution in [0.2, 0.25) is 0 Å². The van der Waals surface area contributed by atoms with Crippen LogP contribution in [-0.4, -0.2) is 42.0 Å². The Kier molecular flexibility index (Phi) is 6.92. The van der Waals surface area contributed by atoms with Gasteiger partial charge in [-0.2, -0.15) is 0 Å². The van der Waals surface area contributed by atoms with E-state index >= 15 is 0 Å². The predicted molar refractivity (Wildman–Crippen MR) is 72.0 cm³/mol. The fraction of sp³-hybridized carbons (Fsp3) is 0.500. The second-order valence-electron chi connectivity index (χ2n) is 4.35. The molecule has 0 aliphatic carbocycles. The lowest BCUT2D eigenvalue weighted by Gasteiger charge is -2.13. The maximum atomic E-state index is 11.5. The number of para-hydroxylation sites is 1. The lowest BCUT2D eigenvalue weighted by molar-refractivity contribution is -0.122. The summed E-state index contributed by atoms with van der Waals surface area (Å²) in [4.78, 5) is 11.5. The highest BCUT2D eigenvalue weighted by atomic mass is 16.5. The Labute approximate surface area is 113 Å².